The summed E-state index contributed by atoms with van der Waals surface area (Å²) >= 11 is 0. The Hall–Kier alpha value is -1.69. The number of carboxylic acid groups (broad SMARTS) is 1. The molecule has 0 fully saturated rings. The topological polar surface area (TPSA) is 60.8 Å². The summed E-state index contributed by atoms with van der Waals surface area (Å²) < 4.78 is 25.4. The third kappa shape index (κ3) is 3.66. The van der Waals surface area contributed by atoms with E-state index in [9.17, 15) is 23.8 Å². The molecule has 4 nitrogen and oxygen atoms in total. The number of alkyl halides is 2. The lowest BCUT2D eigenvalue weighted by Gasteiger charge is -2.39. The zero-order chi connectivity index (χ0) is 15.5. The lowest BCUT2D eigenvalue weighted by atomic mass is 9.97. The van der Waals surface area contributed by atoms with E-state index in [0.717, 1.165) is 4.90 Å². The molecule has 0 saturated heterocycles. The van der Waals surface area contributed by atoms with Crippen molar-refractivity contribution in [2.24, 2.45) is 0 Å². The van der Waals surface area contributed by atoms with Gasteiger partial charge in [0.25, 0.3) is 6.43 Å². The van der Waals surface area contributed by atoms with E-state index >= 15 is 0 Å². The van der Waals surface area contributed by atoms with E-state index in [-0.39, 0.29) is 5.56 Å². The monoisotopic (exact) mass is 287 g/mol. The van der Waals surface area contributed by atoms with Gasteiger partial charge in [-0.2, -0.15) is 0 Å². The zero-order valence-corrected chi connectivity index (χ0v) is 11.7. The highest BCUT2D eigenvalue weighted by atomic mass is 19.3. The van der Waals surface area contributed by atoms with Crippen molar-refractivity contribution in [3.8, 4) is 0 Å². The first-order valence-corrected chi connectivity index (χ1v) is 6.19. The Labute approximate surface area is 116 Å². The molecule has 0 spiro atoms. The molecule has 1 amide bonds. The minimum absolute atomic E-state index is 0.194. The molecule has 1 aromatic carbocycles. The zero-order valence-electron chi connectivity index (χ0n) is 11.7. The fourth-order valence-corrected chi connectivity index (χ4v) is 2.13. The maximum atomic E-state index is 12.7. The third-order valence-corrected chi connectivity index (χ3v) is 2.96. The summed E-state index contributed by atoms with van der Waals surface area (Å²) in [5.41, 5.74) is -0.608. The Morgan fingerprint density at radius 3 is 2.25 bits per heavy atom. The van der Waals surface area contributed by atoms with Crippen LogP contribution in [0.25, 0.3) is 0 Å². The number of hydrogen-bond acceptors (Lipinski definition) is 2. The van der Waals surface area contributed by atoms with Crippen LogP contribution in [0.1, 0.15) is 44.4 Å². The Balaban J connectivity index is 3.24. The molecule has 0 aliphatic heterocycles. The quantitative estimate of drug-likeness (QED) is 0.891. The van der Waals surface area contributed by atoms with Crippen LogP contribution in [-0.4, -0.2) is 33.4 Å². The van der Waals surface area contributed by atoms with Gasteiger partial charge in [0.05, 0.1) is 12.6 Å². The largest absolute Gasteiger partial charge is 0.465 e. The Bertz CT molecular complexity index is 472. The molecule has 20 heavy (non-hydrogen) atoms. The number of benzene rings is 1. The van der Waals surface area contributed by atoms with Gasteiger partial charge in [-0.15, -0.1) is 0 Å². The first kappa shape index (κ1) is 16.4. The van der Waals surface area contributed by atoms with Crippen molar-refractivity contribution in [3.05, 3.63) is 35.4 Å². The predicted octanol–water partition coefficient (Wildman–Crippen LogP) is 3.44. The molecule has 6 heteroatoms. The second kappa shape index (κ2) is 6.17. The standard InChI is InChI=1S/C14H19F2NO3/c1-14(2,3)17(13(19)20)11(8-18)9-5-4-6-10(7-9)12(15)16/h4-7,11-12,18H,8H2,1-3H3,(H,19,20). The molecule has 1 atom stereocenters. The van der Waals surface area contributed by atoms with Gasteiger partial charge in [0.1, 0.15) is 0 Å². The van der Waals surface area contributed by atoms with Gasteiger partial charge in [-0.25, -0.2) is 13.6 Å². The number of amides is 1. The molecular formula is C14H19F2NO3. The molecule has 0 aliphatic carbocycles. The van der Waals surface area contributed by atoms with Gasteiger partial charge < -0.3 is 10.2 Å². The molecule has 1 rings (SSSR count). The summed E-state index contributed by atoms with van der Waals surface area (Å²) in [6.07, 6.45) is -3.85. The van der Waals surface area contributed by atoms with Gasteiger partial charge in [-0.05, 0) is 32.4 Å². The number of halogens is 2. The van der Waals surface area contributed by atoms with Gasteiger partial charge in [-0.1, -0.05) is 18.2 Å². The van der Waals surface area contributed by atoms with Crippen LogP contribution in [0.4, 0.5) is 13.6 Å². The predicted molar refractivity (Wildman–Crippen MR) is 70.8 cm³/mol. The van der Waals surface area contributed by atoms with Crippen LogP contribution in [-0.2, 0) is 0 Å². The summed E-state index contributed by atoms with van der Waals surface area (Å²) in [6.45, 7) is 4.57. The molecule has 0 heterocycles. The number of aliphatic hydroxyl groups excluding tert-OH is 1. The fraction of sp³-hybridized carbons (Fsp3) is 0.500. The molecule has 0 radical (unpaired) electrons. The minimum atomic E-state index is -2.64. The maximum absolute atomic E-state index is 12.7. The van der Waals surface area contributed by atoms with Crippen molar-refractivity contribution in [1.29, 1.82) is 0 Å². The van der Waals surface area contributed by atoms with Gasteiger partial charge in [0.2, 0.25) is 0 Å². The van der Waals surface area contributed by atoms with Crippen LogP contribution < -0.4 is 0 Å². The van der Waals surface area contributed by atoms with Crippen LogP contribution in [0, 0.1) is 0 Å². The Kier molecular flexibility index (Phi) is 5.05. The lowest BCUT2D eigenvalue weighted by Crippen LogP contribution is -2.48. The molecule has 0 aromatic heterocycles. The number of aliphatic hydroxyl groups is 1. The van der Waals surface area contributed by atoms with E-state index in [0.29, 0.717) is 5.56 Å². The third-order valence-electron chi connectivity index (χ3n) is 2.96. The number of rotatable bonds is 4. The van der Waals surface area contributed by atoms with Crippen LogP contribution in [0.2, 0.25) is 0 Å². The summed E-state index contributed by atoms with van der Waals surface area (Å²) in [6, 6.07) is 4.58. The van der Waals surface area contributed by atoms with Crippen molar-refractivity contribution >= 4 is 6.09 Å². The average molecular weight is 287 g/mol. The highest BCUT2D eigenvalue weighted by Gasteiger charge is 2.34. The van der Waals surface area contributed by atoms with Crippen molar-refractivity contribution in [2.75, 3.05) is 6.61 Å². The molecule has 0 aliphatic rings. The van der Waals surface area contributed by atoms with E-state index in [2.05, 4.69) is 0 Å². The fourth-order valence-electron chi connectivity index (χ4n) is 2.13. The van der Waals surface area contributed by atoms with E-state index in [4.69, 9.17) is 0 Å². The van der Waals surface area contributed by atoms with Crippen LogP contribution >= 0.6 is 0 Å². The van der Waals surface area contributed by atoms with Gasteiger partial charge >= 0.3 is 6.09 Å². The highest BCUT2D eigenvalue weighted by Crippen LogP contribution is 2.30. The lowest BCUT2D eigenvalue weighted by molar-refractivity contribution is 0.0457. The summed E-state index contributed by atoms with van der Waals surface area (Å²) in [7, 11) is 0. The molecule has 1 unspecified atom stereocenters. The summed E-state index contributed by atoms with van der Waals surface area (Å²) in [5, 5.41) is 18.8. The first-order valence-electron chi connectivity index (χ1n) is 6.19. The van der Waals surface area contributed by atoms with E-state index in [1.807, 2.05) is 0 Å². The molecule has 0 saturated carbocycles. The normalized spacial score (nSPS) is 13.3. The Morgan fingerprint density at radius 2 is 1.85 bits per heavy atom. The van der Waals surface area contributed by atoms with Crippen LogP contribution in [0.15, 0.2) is 24.3 Å². The van der Waals surface area contributed by atoms with Crippen LogP contribution in [0.3, 0.4) is 0 Å². The van der Waals surface area contributed by atoms with Crippen molar-refractivity contribution in [1.82, 2.24) is 4.90 Å². The number of carbonyl (C=O) groups is 1. The smallest absolute Gasteiger partial charge is 0.408 e. The van der Waals surface area contributed by atoms with Gasteiger partial charge in [-0.3, -0.25) is 4.90 Å². The van der Waals surface area contributed by atoms with Gasteiger partial charge in [0.15, 0.2) is 0 Å². The molecule has 112 valence electrons. The maximum Gasteiger partial charge on any atom is 0.408 e. The summed E-state index contributed by atoms with van der Waals surface area (Å²) in [5.74, 6) is 0. The average Bonchev–Trinajstić information content (AvgIpc) is 2.33. The summed E-state index contributed by atoms with van der Waals surface area (Å²) in [4.78, 5) is 12.5. The second-order valence-electron chi connectivity index (χ2n) is 5.49. The molecule has 2 N–H and O–H groups in total. The molecule has 1 aromatic rings. The number of hydrogen-bond donors (Lipinski definition) is 2. The second-order valence-corrected chi connectivity index (χ2v) is 5.49. The van der Waals surface area contributed by atoms with Crippen molar-refractivity contribution < 1.29 is 23.8 Å². The Morgan fingerprint density at radius 1 is 1.30 bits per heavy atom. The van der Waals surface area contributed by atoms with E-state index in [1.165, 1.54) is 24.3 Å². The SMILES string of the molecule is CC(C)(C)N(C(=O)O)C(CO)c1cccc(C(F)F)c1. The molecular weight excluding hydrogens is 268 g/mol. The first-order chi connectivity index (χ1) is 9.18. The van der Waals surface area contributed by atoms with Gasteiger partial charge in [0, 0.05) is 11.1 Å². The van der Waals surface area contributed by atoms with Crippen LogP contribution in [0.5, 0.6) is 0 Å². The van der Waals surface area contributed by atoms with Crippen molar-refractivity contribution in [3.63, 3.8) is 0 Å². The van der Waals surface area contributed by atoms with Crippen molar-refractivity contribution in [2.45, 2.75) is 38.8 Å². The highest BCUT2D eigenvalue weighted by molar-refractivity contribution is 5.67. The minimum Gasteiger partial charge on any atom is -0.465 e. The van der Waals surface area contributed by atoms with E-state index < -0.39 is 30.7 Å². The molecule has 0 bridgehead atoms. The van der Waals surface area contributed by atoms with E-state index in [1.54, 1.807) is 20.8 Å². The number of nitrogens with zero attached hydrogens (tertiary/aromatic N) is 1.